The number of halogens is 3. The van der Waals surface area contributed by atoms with Crippen LogP contribution >= 0.6 is 0 Å². The Balaban J connectivity index is 1.42. The molecule has 1 N–H and O–H groups in total. The van der Waals surface area contributed by atoms with E-state index in [1.165, 1.54) is 63.5 Å². The summed E-state index contributed by atoms with van der Waals surface area (Å²) in [6, 6.07) is 12.3. The van der Waals surface area contributed by atoms with Crippen molar-refractivity contribution >= 4 is 10.9 Å². The van der Waals surface area contributed by atoms with Crippen molar-refractivity contribution in [3.8, 4) is 17.0 Å². The van der Waals surface area contributed by atoms with Crippen LogP contribution in [0.3, 0.4) is 0 Å². The van der Waals surface area contributed by atoms with Crippen molar-refractivity contribution in [2.45, 2.75) is 105 Å². The number of benzene rings is 2. The smallest absolute Gasteiger partial charge is 0.419 e. The third-order valence-electron chi connectivity index (χ3n) is 7.03. The summed E-state index contributed by atoms with van der Waals surface area (Å²) in [7, 11) is 0. The van der Waals surface area contributed by atoms with Gasteiger partial charge in [-0.05, 0) is 55.0 Å². The Morgan fingerprint density at radius 3 is 1.95 bits per heavy atom. The summed E-state index contributed by atoms with van der Waals surface area (Å²) in [5, 5.41) is 0.974. The zero-order valence-electron chi connectivity index (χ0n) is 23.1. The lowest BCUT2D eigenvalue weighted by atomic mass is 9.89. The molecule has 0 saturated heterocycles. The van der Waals surface area contributed by atoms with Crippen molar-refractivity contribution in [2.24, 2.45) is 5.41 Å². The molecule has 0 spiro atoms. The van der Waals surface area contributed by atoms with Crippen molar-refractivity contribution in [3.63, 3.8) is 0 Å². The molecule has 3 aromatic rings. The molecule has 0 atom stereocenters. The van der Waals surface area contributed by atoms with E-state index in [9.17, 15) is 13.2 Å². The molecule has 0 aliphatic carbocycles. The van der Waals surface area contributed by atoms with Gasteiger partial charge in [-0.2, -0.15) is 13.2 Å². The Kier molecular flexibility index (Phi) is 10.5. The fourth-order valence-corrected chi connectivity index (χ4v) is 4.88. The molecule has 0 bridgehead atoms. The summed E-state index contributed by atoms with van der Waals surface area (Å²) in [6.45, 7) is 9.04. The van der Waals surface area contributed by atoms with Gasteiger partial charge in [-0.25, -0.2) is 0 Å². The molecule has 2 aromatic carbocycles. The summed E-state index contributed by atoms with van der Waals surface area (Å²) < 4.78 is 47.3. The molecule has 0 aliphatic rings. The number of hydrogen-bond donors (Lipinski definition) is 1. The Morgan fingerprint density at radius 2 is 1.35 bits per heavy atom. The zero-order valence-corrected chi connectivity index (χ0v) is 23.1. The van der Waals surface area contributed by atoms with Gasteiger partial charge in [0.25, 0.3) is 0 Å². The summed E-state index contributed by atoms with van der Waals surface area (Å²) in [5.74, 6) is -0.0729. The highest BCUT2D eigenvalue weighted by Crippen LogP contribution is 2.41. The maximum atomic E-state index is 13.9. The number of aromatic amines is 1. The maximum Gasteiger partial charge on any atom is 0.419 e. The predicted octanol–water partition coefficient (Wildman–Crippen LogP) is 10.9. The number of H-pyrrole nitrogens is 1. The Morgan fingerprint density at radius 1 is 0.757 bits per heavy atom. The van der Waals surface area contributed by atoms with Gasteiger partial charge < -0.3 is 9.72 Å². The van der Waals surface area contributed by atoms with Gasteiger partial charge in [0.2, 0.25) is 0 Å². The second-order valence-electron chi connectivity index (χ2n) is 11.6. The standard InChI is InChI=1S/C32H44F3NO/c1-24-21-30(37-20-16-12-10-8-6-5-7-9-11-15-19-31(2,3)4)27(32(33,34)35)23-26(24)29-22-25-17-13-14-18-28(25)36-29/h13-14,17-18,21-23,36H,5-12,15-16,19-20H2,1-4H3. The first-order chi connectivity index (χ1) is 17.5. The highest BCUT2D eigenvalue weighted by molar-refractivity contribution is 5.86. The number of rotatable bonds is 14. The molecular formula is C32H44F3NO. The predicted molar refractivity (Wildman–Crippen MR) is 149 cm³/mol. The van der Waals surface area contributed by atoms with Crippen LogP contribution in [0.5, 0.6) is 5.75 Å². The van der Waals surface area contributed by atoms with Crippen molar-refractivity contribution in [1.82, 2.24) is 4.98 Å². The van der Waals surface area contributed by atoms with Crippen molar-refractivity contribution in [1.29, 1.82) is 0 Å². The third-order valence-corrected chi connectivity index (χ3v) is 7.03. The van der Waals surface area contributed by atoms with Crippen molar-refractivity contribution in [3.05, 3.63) is 53.6 Å². The number of para-hydroxylation sites is 1. The Bertz CT molecular complexity index is 1070. The average Bonchev–Trinajstić information content (AvgIpc) is 3.24. The second-order valence-corrected chi connectivity index (χ2v) is 11.6. The van der Waals surface area contributed by atoms with Crippen LogP contribution in [0.25, 0.3) is 22.2 Å². The van der Waals surface area contributed by atoms with Crippen molar-refractivity contribution in [2.75, 3.05) is 6.61 Å². The molecule has 204 valence electrons. The molecule has 0 radical (unpaired) electrons. The zero-order chi connectivity index (χ0) is 26.9. The second kappa shape index (κ2) is 13.4. The van der Waals surface area contributed by atoms with Gasteiger partial charge in [0.1, 0.15) is 5.75 Å². The number of aromatic nitrogens is 1. The number of ether oxygens (including phenoxy) is 1. The summed E-state index contributed by atoms with van der Waals surface area (Å²) in [4.78, 5) is 3.24. The molecule has 1 heterocycles. The van der Waals surface area contributed by atoms with E-state index in [0.29, 0.717) is 23.3 Å². The lowest BCUT2D eigenvalue weighted by Crippen LogP contribution is -2.10. The van der Waals surface area contributed by atoms with Gasteiger partial charge in [0.15, 0.2) is 0 Å². The van der Waals surface area contributed by atoms with E-state index in [-0.39, 0.29) is 5.75 Å². The summed E-state index contributed by atoms with van der Waals surface area (Å²) >= 11 is 0. The normalized spacial score (nSPS) is 12.4. The maximum absolute atomic E-state index is 13.9. The van der Waals surface area contributed by atoms with E-state index in [4.69, 9.17) is 4.74 Å². The van der Waals surface area contributed by atoms with E-state index in [1.807, 2.05) is 37.3 Å². The molecule has 37 heavy (non-hydrogen) atoms. The minimum Gasteiger partial charge on any atom is -0.493 e. The van der Waals surface area contributed by atoms with Crippen molar-refractivity contribution < 1.29 is 17.9 Å². The Labute approximate surface area is 221 Å². The first-order valence-corrected chi connectivity index (χ1v) is 14.0. The molecule has 1 aromatic heterocycles. The molecule has 3 rings (SSSR count). The fraction of sp³-hybridized carbons (Fsp3) is 0.562. The van der Waals surface area contributed by atoms with Gasteiger partial charge in [0, 0.05) is 22.2 Å². The van der Waals surface area contributed by atoms with Crippen LogP contribution in [0.1, 0.15) is 103 Å². The number of unbranched alkanes of at least 4 members (excludes halogenated alkanes) is 9. The van der Waals surface area contributed by atoms with Gasteiger partial charge >= 0.3 is 6.18 Å². The summed E-state index contributed by atoms with van der Waals surface area (Å²) in [5.41, 5.74) is 2.62. The number of hydrogen-bond acceptors (Lipinski definition) is 1. The van der Waals surface area contributed by atoms with E-state index in [2.05, 4.69) is 25.8 Å². The molecule has 5 heteroatoms. The quantitative estimate of drug-likeness (QED) is 0.212. The first kappa shape index (κ1) is 29.1. The van der Waals surface area contributed by atoms with Gasteiger partial charge in [0.05, 0.1) is 12.2 Å². The van der Waals surface area contributed by atoms with E-state index < -0.39 is 11.7 Å². The van der Waals surface area contributed by atoms with Gasteiger partial charge in [-0.3, -0.25) is 0 Å². The molecule has 0 saturated carbocycles. The Hall–Kier alpha value is -2.43. The minimum atomic E-state index is -4.48. The molecule has 0 fully saturated rings. The van der Waals surface area contributed by atoms with Gasteiger partial charge in [-0.1, -0.05) is 96.8 Å². The minimum absolute atomic E-state index is 0.0729. The van der Waals surface area contributed by atoms with E-state index >= 15 is 0 Å². The van der Waals surface area contributed by atoms with Crippen LogP contribution < -0.4 is 4.74 Å². The molecule has 2 nitrogen and oxygen atoms in total. The molecular weight excluding hydrogens is 471 g/mol. The number of alkyl halides is 3. The van der Waals surface area contributed by atoms with E-state index in [1.54, 1.807) is 0 Å². The number of fused-ring (bicyclic) bond motifs is 1. The van der Waals surface area contributed by atoms with Crippen LogP contribution in [0.4, 0.5) is 13.2 Å². The van der Waals surface area contributed by atoms with Crippen LogP contribution in [-0.4, -0.2) is 11.6 Å². The fourth-order valence-electron chi connectivity index (χ4n) is 4.88. The largest absolute Gasteiger partial charge is 0.493 e. The van der Waals surface area contributed by atoms with Gasteiger partial charge in [-0.15, -0.1) is 0 Å². The molecule has 0 aliphatic heterocycles. The lowest BCUT2D eigenvalue weighted by Gasteiger charge is -2.17. The van der Waals surface area contributed by atoms with Crippen LogP contribution in [0.15, 0.2) is 42.5 Å². The van der Waals surface area contributed by atoms with Crippen LogP contribution in [0.2, 0.25) is 0 Å². The lowest BCUT2D eigenvalue weighted by molar-refractivity contribution is -0.138. The third kappa shape index (κ3) is 9.43. The summed E-state index contributed by atoms with van der Waals surface area (Å²) in [6.07, 6.45) is 8.68. The highest BCUT2D eigenvalue weighted by atomic mass is 19.4. The van der Waals surface area contributed by atoms with E-state index in [0.717, 1.165) is 35.7 Å². The van der Waals surface area contributed by atoms with Crippen LogP contribution in [-0.2, 0) is 6.18 Å². The average molecular weight is 516 g/mol. The molecule has 0 unspecified atom stereocenters. The highest BCUT2D eigenvalue weighted by Gasteiger charge is 2.35. The topological polar surface area (TPSA) is 25.0 Å². The SMILES string of the molecule is Cc1cc(OCCCCCCCCCCCCC(C)(C)C)c(C(F)(F)F)cc1-c1cc2ccccc2[nH]1. The monoisotopic (exact) mass is 515 g/mol. The number of aryl methyl sites for hydroxylation is 1. The van der Waals surface area contributed by atoms with Crippen LogP contribution in [0, 0.1) is 12.3 Å². The first-order valence-electron chi connectivity index (χ1n) is 14.0. The molecule has 0 amide bonds. The number of nitrogens with one attached hydrogen (secondary N) is 1.